The molecule has 0 fully saturated rings. The molecular formula is C16H34O5. The quantitative estimate of drug-likeness (QED) is 0.427. The van der Waals surface area contributed by atoms with Gasteiger partial charge in [0, 0.05) is 0 Å². The average molecular weight is 306 g/mol. The molecule has 0 saturated carbocycles. The van der Waals surface area contributed by atoms with Crippen LogP contribution < -0.4 is 0 Å². The lowest BCUT2D eigenvalue weighted by atomic mass is 10.2. The summed E-state index contributed by atoms with van der Waals surface area (Å²) in [5.74, 6) is 0.356. The summed E-state index contributed by atoms with van der Waals surface area (Å²) in [5, 5.41) is 0. The Morgan fingerprint density at radius 1 is 0.857 bits per heavy atom. The first kappa shape index (κ1) is 22.5. The van der Waals surface area contributed by atoms with Gasteiger partial charge in [-0.15, -0.1) is 0 Å². The van der Waals surface area contributed by atoms with E-state index in [0.29, 0.717) is 12.5 Å². The van der Waals surface area contributed by atoms with E-state index in [1.165, 1.54) is 0 Å². The lowest BCUT2D eigenvalue weighted by molar-refractivity contribution is -0.393. The van der Waals surface area contributed by atoms with Gasteiger partial charge in [-0.2, -0.15) is 0 Å². The van der Waals surface area contributed by atoms with Crippen LogP contribution in [0.15, 0.2) is 0 Å². The van der Waals surface area contributed by atoms with E-state index in [4.69, 9.17) is 19.2 Å². The minimum atomic E-state index is -0.575. The third-order valence-corrected chi connectivity index (χ3v) is 1.41. The third kappa shape index (κ3) is 24.6. The molecule has 0 aliphatic rings. The number of hydrogen-bond donors (Lipinski definition) is 0. The first-order chi connectivity index (χ1) is 9.23. The van der Waals surface area contributed by atoms with E-state index in [1.54, 1.807) is 13.8 Å². The van der Waals surface area contributed by atoms with Crippen molar-refractivity contribution in [3.05, 3.63) is 0 Å². The maximum absolute atomic E-state index is 10.7. The van der Waals surface area contributed by atoms with Gasteiger partial charge in [0.1, 0.15) is 0 Å². The van der Waals surface area contributed by atoms with Crippen molar-refractivity contribution in [2.45, 2.75) is 86.5 Å². The summed E-state index contributed by atoms with van der Waals surface area (Å²) in [6.07, 6.45) is -0.677. The monoisotopic (exact) mass is 306 g/mol. The molecule has 0 saturated heterocycles. The van der Waals surface area contributed by atoms with E-state index in [-0.39, 0.29) is 17.3 Å². The second kappa shape index (κ2) is 10.0. The van der Waals surface area contributed by atoms with Gasteiger partial charge in [-0.1, -0.05) is 13.8 Å². The molecule has 128 valence electrons. The van der Waals surface area contributed by atoms with Gasteiger partial charge in [0.25, 0.3) is 0 Å². The molecule has 0 unspecified atom stereocenters. The molecule has 5 nitrogen and oxygen atoms in total. The van der Waals surface area contributed by atoms with E-state index in [9.17, 15) is 4.79 Å². The Balaban J connectivity index is 0. The molecule has 21 heavy (non-hydrogen) atoms. The summed E-state index contributed by atoms with van der Waals surface area (Å²) in [4.78, 5) is 20.9. The van der Waals surface area contributed by atoms with Crippen LogP contribution in [-0.2, 0) is 19.2 Å². The minimum Gasteiger partial charge on any atom is -0.434 e. The van der Waals surface area contributed by atoms with Crippen LogP contribution in [0.4, 0.5) is 4.79 Å². The van der Waals surface area contributed by atoms with Gasteiger partial charge >= 0.3 is 6.16 Å². The highest BCUT2D eigenvalue weighted by molar-refractivity contribution is 5.59. The number of ether oxygens (including phenoxy) is 2. The van der Waals surface area contributed by atoms with Gasteiger partial charge < -0.3 is 9.47 Å². The molecule has 0 rings (SSSR count). The zero-order valence-electron chi connectivity index (χ0n) is 15.4. The molecule has 0 spiro atoms. The SMILES string of the molecule is CC(C)(C)OOC(C)(C)C.CC(C)COC(=O)OC(C)C. The van der Waals surface area contributed by atoms with Crippen molar-refractivity contribution in [3.63, 3.8) is 0 Å². The lowest BCUT2D eigenvalue weighted by Crippen LogP contribution is -2.27. The van der Waals surface area contributed by atoms with Crippen molar-refractivity contribution < 1.29 is 24.0 Å². The maximum atomic E-state index is 10.7. The van der Waals surface area contributed by atoms with E-state index in [0.717, 1.165) is 0 Å². The molecule has 0 radical (unpaired) electrons. The molecule has 5 heteroatoms. The second-order valence-electron chi connectivity index (χ2n) is 7.51. The molecule has 0 N–H and O–H groups in total. The third-order valence-electron chi connectivity index (χ3n) is 1.41. The number of hydrogen-bond acceptors (Lipinski definition) is 5. The Kier molecular flexibility index (Phi) is 10.7. The van der Waals surface area contributed by atoms with Crippen molar-refractivity contribution in [3.8, 4) is 0 Å². The van der Waals surface area contributed by atoms with Crippen LogP contribution in [0.3, 0.4) is 0 Å². The van der Waals surface area contributed by atoms with E-state index in [2.05, 4.69) is 0 Å². The van der Waals surface area contributed by atoms with Crippen molar-refractivity contribution in [2.75, 3.05) is 6.61 Å². The largest absolute Gasteiger partial charge is 0.508 e. The first-order valence-corrected chi connectivity index (χ1v) is 7.43. The van der Waals surface area contributed by atoms with Gasteiger partial charge in [0.15, 0.2) is 0 Å². The van der Waals surface area contributed by atoms with Gasteiger partial charge in [-0.05, 0) is 61.3 Å². The average Bonchev–Trinajstić information content (AvgIpc) is 2.22. The molecule has 0 aromatic rings. The predicted octanol–water partition coefficient (Wildman–Crippen LogP) is 4.74. The highest BCUT2D eigenvalue weighted by Crippen LogP contribution is 2.14. The Morgan fingerprint density at radius 3 is 1.48 bits per heavy atom. The van der Waals surface area contributed by atoms with Gasteiger partial charge in [0.05, 0.1) is 23.9 Å². The predicted molar refractivity (Wildman–Crippen MR) is 84.1 cm³/mol. The van der Waals surface area contributed by atoms with Gasteiger partial charge in [0.2, 0.25) is 0 Å². The Bertz CT molecular complexity index is 257. The standard InChI is InChI=1S/C8H16O3.C8H18O2/c1-6(2)5-10-8(9)11-7(3)4;1-7(2,3)9-10-8(4,5)6/h6-7H,5H2,1-4H3;1-6H3. The first-order valence-electron chi connectivity index (χ1n) is 7.43. The molecular weight excluding hydrogens is 272 g/mol. The van der Waals surface area contributed by atoms with Crippen molar-refractivity contribution in [2.24, 2.45) is 5.92 Å². The molecule has 0 aliphatic heterocycles. The van der Waals surface area contributed by atoms with E-state index < -0.39 is 6.16 Å². The topological polar surface area (TPSA) is 54.0 Å². The Morgan fingerprint density at radius 2 is 1.24 bits per heavy atom. The normalized spacial score (nSPS) is 12.0. The minimum absolute atomic E-state index is 0.102. The summed E-state index contributed by atoms with van der Waals surface area (Å²) in [5.41, 5.74) is -0.430. The van der Waals surface area contributed by atoms with Crippen molar-refractivity contribution in [1.29, 1.82) is 0 Å². The van der Waals surface area contributed by atoms with Crippen LogP contribution in [0.25, 0.3) is 0 Å². The smallest absolute Gasteiger partial charge is 0.434 e. The van der Waals surface area contributed by atoms with Crippen molar-refractivity contribution >= 4 is 6.16 Å². The zero-order chi connectivity index (χ0) is 17.3. The Hall–Kier alpha value is -0.810. The van der Waals surface area contributed by atoms with Crippen LogP contribution in [0.2, 0.25) is 0 Å². The number of rotatable bonds is 4. The summed E-state index contributed by atoms with van der Waals surface area (Å²) in [6.45, 7) is 19.7. The number of carbonyl (C=O) groups is 1. The van der Waals surface area contributed by atoms with Gasteiger partial charge in [-0.25, -0.2) is 14.6 Å². The van der Waals surface area contributed by atoms with E-state index >= 15 is 0 Å². The van der Waals surface area contributed by atoms with E-state index in [1.807, 2.05) is 55.4 Å². The van der Waals surface area contributed by atoms with Crippen LogP contribution in [0.1, 0.15) is 69.2 Å². The molecule has 0 amide bonds. The molecule has 0 heterocycles. The highest BCUT2D eigenvalue weighted by Gasteiger charge is 2.18. The van der Waals surface area contributed by atoms with Crippen LogP contribution in [0, 0.1) is 5.92 Å². The Labute approximate surface area is 130 Å². The number of carbonyl (C=O) groups excluding carboxylic acids is 1. The fourth-order valence-corrected chi connectivity index (χ4v) is 0.711. The molecule has 0 bridgehead atoms. The fraction of sp³-hybridized carbons (Fsp3) is 0.938. The second-order valence-corrected chi connectivity index (χ2v) is 7.51. The molecule has 0 atom stereocenters. The molecule has 0 aromatic carbocycles. The van der Waals surface area contributed by atoms with Crippen molar-refractivity contribution in [1.82, 2.24) is 0 Å². The lowest BCUT2D eigenvalue weighted by Gasteiger charge is -2.24. The summed E-state index contributed by atoms with van der Waals surface area (Å²) < 4.78 is 9.49. The maximum Gasteiger partial charge on any atom is 0.508 e. The summed E-state index contributed by atoms with van der Waals surface area (Å²) in [7, 11) is 0. The fourth-order valence-electron chi connectivity index (χ4n) is 0.711. The molecule has 0 aromatic heterocycles. The highest BCUT2D eigenvalue weighted by atomic mass is 17.2. The van der Waals surface area contributed by atoms with Crippen LogP contribution in [-0.4, -0.2) is 30.1 Å². The summed E-state index contributed by atoms with van der Waals surface area (Å²) >= 11 is 0. The zero-order valence-corrected chi connectivity index (χ0v) is 15.4. The summed E-state index contributed by atoms with van der Waals surface area (Å²) in [6, 6.07) is 0. The van der Waals surface area contributed by atoms with Crippen LogP contribution >= 0.6 is 0 Å². The molecule has 0 aliphatic carbocycles. The van der Waals surface area contributed by atoms with Gasteiger partial charge in [-0.3, -0.25) is 0 Å². The van der Waals surface area contributed by atoms with Crippen LogP contribution in [0.5, 0.6) is 0 Å².